The van der Waals surface area contributed by atoms with Gasteiger partial charge in [-0.1, -0.05) is 11.6 Å². The molecule has 0 saturated carbocycles. The molecule has 0 aliphatic carbocycles. The zero-order valence-electron chi connectivity index (χ0n) is 13.7. The third-order valence-corrected chi connectivity index (χ3v) is 3.51. The molecule has 8 heteroatoms. The molecule has 2 aromatic carbocycles. The lowest BCUT2D eigenvalue weighted by Crippen LogP contribution is -2.12. The van der Waals surface area contributed by atoms with Gasteiger partial charge in [0.1, 0.15) is 11.3 Å². The van der Waals surface area contributed by atoms with E-state index in [-0.39, 0.29) is 33.4 Å². The Kier molecular flexibility index (Phi) is 5.71. The van der Waals surface area contributed by atoms with Gasteiger partial charge in [0, 0.05) is 5.02 Å². The van der Waals surface area contributed by atoms with Gasteiger partial charge in [-0.2, -0.15) is 0 Å². The number of esters is 1. The summed E-state index contributed by atoms with van der Waals surface area (Å²) in [6.07, 6.45) is 0. The first-order chi connectivity index (χ1) is 11.9. The van der Waals surface area contributed by atoms with Crippen molar-refractivity contribution in [2.24, 2.45) is 0 Å². The van der Waals surface area contributed by atoms with Crippen molar-refractivity contribution in [2.75, 3.05) is 21.3 Å². The maximum absolute atomic E-state index is 12.4. The third-order valence-electron chi connectivity index (χ3n) is 3.28. The normalized spacial score (nSPS) is 10.1. The molecular formula is C17H15ClO7. The maximum Gasteiger partial charge on any atom is 0.343 e. The Labute approximate surface area is 148 Å². The van der Waals surface area contributed by atoms with Gasteiger partial charge >= 0.3 is 11.9 Å². The van der Waals surface area contributed by atoms with E-state index in [0.717, 1.165) is 0 Å². The number of methoxy groups -OCH3 is 3. The highest BCUT2D eigenvalue weighted by Gasteiger charge is 2.20. The average Bonchev–Trinajstić information content (AvgIpc) is 2.61. The summed E-state index contributed by atoms with van der Waals surface area (Å²) in [4.78, 5) is 23.7. The van der Waals surface area contributed by atoms with E-state index in [1.165, 1.54) is 51.7 Å². The van der Waals surface area contributed by atoms with Gasteiger partial charge < -0.3 is 24.1 Å². The molecule has 25 heavy (non-hydrogen) atoms. The summed E-state index contributed by atoms with van der Waals surface area (Å²) < 4.78 is 20.7. The predicted molar refractivity (Wildman–Crippen MR) is 89.5 cm³/mol. The highest BCUT2D eigenvalue weighted by Crippen LogP contribution is 2.38. The van der Waals surface area contributed by atoms with E-state index in [2.05, 4.69) is 0 Å². The Morgan fingerprint density at radius 1 is 0.920 bits per heavy atom. The van der Waals surface area contributed by atoms with Crippen LogP contribution in [0.15, 0.2) is 30.3 Å². The Bertz CT molecular complexity index is 792. The van der Waals surface area contributed by atoms with Gasteiger partial charge in [-0.05, 0) is 30.3 Å². The van der Waals surface area contributed by atoms with E-state index in [9.17, 15) is 14.7 Å². The summed E-state index contributed by atoms with van der Waals surface area (Å²) in [5.74, 6) is -1.33. The van der Waals surface area contributed by atoms with Gasteiger partial charge in [0.05, 0.1) is 26.9 Å². The number of benzene rings is 2. The van der Waals surface area contributed by atoms with Gasteiger partial charge in [0.2, 0.25) is 5.75 Å². The van der Waals surface area contributed by atoms with Crippen LogP contribution in [0, 0.1) is 0 Å². The average molecular weight is 367 g/mol. The van der Waals surface area contributed by atoms with E-state index in [0.29, 0.717) is 5.75 Å². The molecule has 0 aliphatic heterocycles. The van der Waals surface area contributed by atoms with Crippen LogP contribution < -0.4 is 18.9 Å². The van der Waals surface area contributed by atoms with Gasteiger partial charge in [0.25, 0.3) is 0 Å². The fourth-order valence-electron chi connectivity index (χ4n) is 2.12. The maximum atomic E-state index is 12.4. The minimum absolute atomic E-state index is 0.0980. The lowest BCUT2D eigenvalue weighted by Gasteiger charge is -2.14. The van der Waals surface area contributed by atoms with Crippen molar-refractivity contribution in [1.29, 1.82) is 0 Å². The number of carboxylic acids is 1. The molecule has 0 saturated heterocycles. The molecule has 1 N–H and O–H groups in total. The second-order valence-corrected chi connectivity index (χ2v) is 5.19. The summed E-state index contributed by atoms with van der Waals surface area (Å²) in [7, 11) is 4.26. The molecule has 7 nitrogen and oxygen atoms in total. The summed E-state index contributed by atoms with van der Waals surface area (Å²) in [5.41, 5.74) is -0.130. The van der Waals surface area contributed by atoms with E-state index >= 15 is 0 Å². The molecular weight excluding hydrogens is 352 g/mol. The van der Waals surface area contributed by atoms with Crippen LogP contribution in [0.1, 0.15) is 20.7 Å². The molecule has 0 atom stereocenters. The number of carboxylic acid groups (broad SMARTS) is 1. The van der Waals surface area contributed by atoms with Crippen LogP contribution in [-0.4, -0.2) is 38.4 Å². The summed E-state index contributed by atoms with van der Waals surface area (Å²) >= 11 is 5.78. The summed E-state index contributed by atoms with van der Waals surface area (Å²) in [6.45, 7) is 0. The number of carbonyl (C=O) groups is 2. The van der Waals surface area contributed by atoms with Crippen molar-refractivity contribution in [1.82, 2.24) is 0 Å². The minimum atomic E-state index is -1.27. The molecule has 0 unspecified atom stereocenters. The lowest BCUT2D eigenvalue weighted by atomic mass is 10.1. The third kappa shape index (κ3) is 3.95. The van der Waals surface area contributed by atoms with Crippen molar-refractivity contribution in [3.8, 4) is 23.0 Å². The van der Waals surface area contributed by atoms with Gasteiger partial charge in [-0.25, -0.2) is 9.59 Å². The number of aromatic carboxylic acids is 1. The van der Waals surface area contributed by atoms with Crippen LogP contribution in [0.5, 0.6) is 23.0 Å². The zero-order valence-corrected chi connectivity index (χ0v) is 14.4. The Morgan fingerprint density at radius 2 is 1.52 bits per heavy atom. The van der Waals surface area contributed by atoms with Crippen LogP contribution in [0.25, 0.3) is 0 Å². The Morgan fingerprint density at radius 3 is 2.00 bits per heavy atom. The van der Waals surface area contributed by atoms with E-state index in [1.807, 2.05) is 0 Å². The molecule has 0 fully saturated rings. The van der Waals surface area contributed by atoms with Crippen LogP contribution in [-0.2, 0) is 0 Å². The second-order valence-electron chi connectivity index (χ2n) is 4.75. The van der Waals surface area contributed by atoms with Crippen LogP contribution in [0.4, 0.5) is 0 Å². The molecule has 0 radical (unpaired) electrons. The smallest absolute Gasteiger partial charge is 0.343 e. The van der Waals surface area contributed by atoms with E-state index in [4.69, 9.17) is 30.5 Å². The van der Waals surface area contributed by atoms with Crippen LogP contribution in [0.3, 0.4) is 0 Å². The number of carbonyl (C=O) groups excluding carboxylic acids is 1. The number of halogens is 1. The molecule has 2 rings (SSSR count). The van der Waals surface area contributed by atoms with Crippen LogP contribution in [0.2, 0.25) is 5.02 Å². The SMILES string of the molecule is COc1cc(C(=O)Oc2ccc(Cl)cc2C(=O)O)cc(OC)c1OC. The first kappa shape index (κ1) is 18.4. The lowest BCUT2D eigenvalue weighted by molar-refractivity contribution is 0.0681. The monoisotopic (exact) mass is 366 g/mol. The van der Waals surface area contributed by atoms with Crippen molar-refractivity contribution < 1.29 is 33.6 Å². The van der Waals surface area contributed by atoms with Crippen molar-refractivity contribution in [3.05, 3.63) is 46.5 Å². The number of hydrogen-bond donors (Lipinski definition) is 1. The largest absolute Gasteiger partial charge is 0.493 e. The Hall–Kier alpha value is -2.93. The zero-order chi connectivity index (χ0) is 18.6. The standard InChI is InChI=1S/C17H15ClO7/c1-22-13-6-9(7-14(23-2)15(13)24-3)17(21)25-12-5-4-10(18)8-11(12)16(19)20/h4-8H,1-3H3,(H,19,20). The fourth-order valence-corrected chi connectivity index (χ4v) is 2.29. The van der Waals surface area contributed by atoms with Crippen molar-refractivity contribution in [3.63, 3.8) is 0 Å². The van der Waals surface area contributed by atoms with Gasteiger partial charge in [0.15, 0.2) is 11.5 Å². The van der Waals surface area contributed by atoms with Crippen LogP contribution >= 0.6 is 11.6 Å². The summed E-state index contributed by atoms with van der Waals surface area (Å²) in [5, 5.41) is 9.41. The summed E-state index contributed by atoms with van der Waals surface area (Å²) in [6, 6.07) is 6.73. The number of ether oxygens (including phenoxy) is 4. The quantitative estimate of drug-likeness (QED) is 0.619. The van der Waals surface area contributed by atoms with Crippen molar-refractivity contribution >= 4 is 23.5 Å². The molecule has 0 heterocycles. The predicted octanol–water partition coefficient (Wildman–Crippen LogP) is 3.28. The topological polar surface area (TPSA) is 91.3 Å². The number of hydrogen-bond acceptors (Lipinski definition) is 6. The first-order valence-electron chi connectivity index (χ1n) is 6.96. The van der Waals surface area contributed by atoms with Gasteiger partial charge in [-0.3, -0.25) is 0 Å². The number of rotatable bonds is 6. The highest BCUT2D eigenvalue weighted by molar-refractivity contribution is 6.31. The Balaban J connectivity index is 2.41. The second kappa shape index (κ2) is 7.76. The molecule has 0 spiro atoms. The molecule has 0 aliphatic rings. The molecule has 2 aromatic rings. The molecule has 0 aromatic heterocycles. The van der Waals surface area contributed by atoms with E-state index in [1.54, 1.807) is 0 Å². The molecule has 132 valence electrons. The highest BCUT2D eigenvalue weighted by atomic mass is 35.5. The van der Waals surface area contributed by atoms with E-state index < -0.39 is 11.9 Å². The van der Waals surface area contributed by atoms with Crippen molar-refractivity contribution in [2.45, 2.75) is 0 Å². The fraction of sp³-hybridized carbons (Fsp3) is 0.176. The molecule has 0 bridgehead atoms. The van der Waals surface area contributed by atoms with Gasteiger partial charge in [-0.15, -0.1) is 0 Å². The minimum Gasteiger partial charge on any atom is -0.493 e. The first-order valence-corrected chi connectivity index (χ1v) is 7.34. The molecule has 0 amide bonds.